The first-order valence-electron chi connectivity index (χ1n) is 10.8. The molecule has 0 aliphatic carbocycles. The number of aryl methyl sites for hydroxylation is 1. The van der Waals surface area contributed by atoms with Crippen molar-refractivity contribution in [3.05, 3.63) is 53.5 Å². The monoisotopic (exact) mass is 447 g/mol. The van der Waals surface area contributed by atoms with E-state index in [2.05, 4.69) is 34.5 Å². The first kappa shape index (κ1) is 20.9. The maximum atomic E-state index is 12.7. The third kappa shape index (κ3) is 3.77. The number of amides is 1. The number of ether oxygens (including phenoxy) is 2. The quantitative estimate of drug-likeness (QED) is 0.484. The Kier molecular flexibility index (Phi) is 5.20. The highest BCUT2D eigenvalue weighted by Gasteiger charge is 2.33. The lowest BCUT2D eigenvalue weighted by Gasteiger charge is -2.25. The average Bonchev–Trinajstić information content (AvgIpc) is 3.40. The average molecular weight is 447 g/mol. The van der Waals surface area contributed by atoms with Crippen molar-refractivity contribution < 1.29 is 14.3 Å². The van der Waals surface area contributed by atoms with Crippen molar-refractivity contribution in [1.29, 1.82) is 0 Å². The van der Waals surface area contributed by atoms with E-state index >= 15 is 0 Å². The number of nitrogens with one attached hydrogen (secondary N) is 1. The van der Waals surface area contributed by atoms with Gasteiger partial charge in [-0.15, -0.1) is 15.3 Å². The Morgan fingerprint density at radius 2 is 2.03 bits per heavy atom. The summed E-state index contributed by atoms with van der Waals surface area (Å²) in [5.74, 6) is 2.63. The van der Waals surface area contributed by atoms with Crippen molar-refractivity contribution in [1.82, 2.24) is 29.6 Å². The van der Waals surface area contributed by atoms with Crippen LogP contribution in [0.2, 0.25) is 0 Å². The van der Waals surface area contributed by atoms with E-state index in [0.29, 0.717) is 47.7 Å². The fourth-order valence-electron chi connectivity index (χ4n) is 4.11. The number of aromatic nitrogens is 6. The zero-order chi connectivity index (χ0) is 23.1. The summed E-state index contributed by atoms with van der Waals surface area (Å²) < 4.78 is 14.7. The van der Waals surface area contributed by atoms with Crippen LogP contribution in [0.1, 0.15) is 43.0 Å². The summed E-state index contributed by atoms with van der Waals surface area (Å²) in [5.41, 5.74) is 3.38. The van der Waals surface area contributed by atoms with Crippen molar-refractivity contribution in [3.8, 4) is 17.3 Å². The van der Waals surface area contributed by atoms with Crippen LogP contribution in [0.15, 0.2) is 36.7 Å². The van der Waals surface area contributed by atoms with E-state index in [1.165, 1.54) is 6.33 Å². The largest absolute Gasteiger partial charge is 0.493 e. The van der Waals surface area contributed by atoms with Gasteiger partial charge in [0.2, 0.25) is 5.91 Å². The SMILES string of the molecule is COc1ccc([C@@H]2CC(=O)Nc3c2c(C)nn3-c2ccc3nncn3n2)cc1OCC(C)C. The third-order valence-electron chi connectivity index (χ3n) is 5.63. The predicted octanol–water partition coefficient (Wildman–Crippen LogP) is 3.14. The van der Waals surface area contributed by atoms with Gasteiger partial charge >= 0.3 is 0 Å². The van der Waals surface area contributed by atoms with E-state index in [1.54, 1.807) is 22.4 Å². The van der Waals surface area contributed by atoms with Gasteiger partial charge in [0.15, 0.2) is 23.0 Å². The lowest BCUT2D eigenvalue weighted by Crippen LogP contribution is -2.25. The molecule has 0 saturated carbocycles. The Bertz CT molecular complexity index is 1340. The van der Waals surface area contributed by atoms with E-state index in [-0.39, 0.29) is 11.8 Å². The van der Waals surface area contributed by atoms with Gasteiger partial charge in [-0.2, -0.15) is 14.3 Å². The second-order valence-corrected chi connectivity index (χ2v) is 8.50. The van der Waals surface area contributed by atoms with E-state index < -0.39 is 0 Å². The lowest BCUT2D eigenvalue weighted by atomic mass is 9.85. The van der Waals surface area contributed by atoms with Gasteiger partial charge in [0.1, 0.15) is 12.1 Å². The Morgan fingerprint density at radius 1 is 1.18 bits per heavy atom. The van der Waals surface area contributed by atoms with Crippen molar-refractivity contribution in [2.75, 3.05) is 19.0 Å². The summed E-state index contributed by atoms with van der Waals surface area (Å²) in [7, 11) is 1.62. The van der Waals surface area contributed by atoms with Gasteiger partial charge in [0.25, 0.3) is 0 Å². The molecule has 5 rings (SSSR count). The molecule has 3 aromatic heterocycles. The normalized spacial score (nSPS) is 15.5. The van der Waals surface area contributed by atoms with Gasteiger partial charge in [-0.3, -0.25) is 4.79 Å². The summed E-state index contributed by atoms with van der Waals surface area (Å²) in [6.45, 7) is 6.70. The molecule has 0 saturated heterocycles. The lowest BCUT2D eigenvalue weighted by molar-refractivity contribution is -0.116. The molecule has 0 spiro atoms. The molecule has 4 aromatic rings. The Hall–Kier alpha value is -3.95. The highest BCUT2D eigenvalue weighted by molar-refractivity contribution is 5.95. The molecular weight excluding hydrogens is 422 g/mol. The van der Waals surface area contributed by atoms with Crippen molar-refractivity contribution in [3.63, 3.8) is 0 Å². The van der Waals surface area contributed by atoms with Crippen molar-refractivity contribution in [2.24, 2.45) is 5.92 Å². The summed E-state index contributed by atoms with van der Waals surface area (Å²) >= 11 is 0. The molecule has 10 nitrogen and oxygen atoms in total. The highest BCUT2D eigenvalue weighted by Crippen LogP contribution is 2.42. The summed E-state index contributed by atoms with van der Waals surface area (Å²) in [6, 6.07) is 9.44. The molecule has 1 aliphatic heterocycles. The number of carbonyl (C=O) groups is 1. The van der Waals surface area contributed by atoms with Crippen LogP contribution >= 0.6 is 0 Å². The van der Waals surface area contributed by atoms with Crippen LogP contribution in [0, 0.1) is 12.8 Å². The number of hydrogen-bond acceptors (Lipinski definition) is 7. The van der Waals surface area contributed by atoms with Crippen LogP contribution < -0.4 is 14.8 Å². The van der Waals surface area contributed by atoms with Crippen LogP contribution in [-0.2, 0) is 4.79 Å². The maximum Gasteiger partial charge on any atom is 0.226 e. The molecular formula is C23H25N7O3. The number of carbonyl (C=O) groups excluding carboxylic acids is 1. The number of hydrogen-bond donors (Lipinski definition) is 1. The van der Waals surface area contributed by atoms with E-state index in [0.717, 1.165) is 16.8 Å². The number of nitrogens with zero attached hydrogens (tertiary/aromatic N) is 6. The molecule has 10 heteroatoms. The maximum absolute atomic E-state index is 12.7. The number of fused-ring (bicyclic) bond motifs is 2. The number of rotatable bonds is 6. The Balaban J connectivity index is 1.58. The summed E-state index contributed by atoms with van der Waals surface area (Å²) in [6.07, 6.45) is 1.84. The van der Waals surface area contributed by atoms with Crippen LogP contribution in [-0.4, -0.2) is 49.2 Å². The molecule has 0 bridgehead atoms. The minimum Gasteiger partial charge on any atom is -0.493 e. The van der Waals surface area contributed by atoms with Gasteiger partial charge in [-0.1, -0.05) is 19.9 Å². The van der Waals surface area contributed by atoms with Gasteiger partial charge in [-0.25, -0.2) is 0 Å². The number of methoxy groups -OCH3 is 1. The zero-order valence-corrected chi connectivity index (χ0v) is 18.9. The van der Waals surface area contributed by atoms with Crippen molar-refractivity contribution >= 4 is 17.4 Å². The topological polar surface area (TPSA) is 108 Å². The molecule has 1 N–H and O–H groups in total. The smallest absolute Gasteiger partial charge is 0.226 e. The zero-order valence-electron chi connectivity index (χ0n) is 18.9. The fraction of sp³-hybridized carbons (Fsp3) is 0.348. The standard InChI is InChI=1S/C23H25N7O3/c1-13(2)11-33-18-9-15(5-6-17(18)32-4)16-10-21(31)25-23-22(16)14(3)27-30(23)20-8-7-19-26-24-12-29(19)28-20/h5-9,12-13,16H,10-11H2,1-4H3,(H,25,31)/t16-/m0/s1. The molecule has 1 aromatic carbocycles. The first-order valence-corrected chi connectivity index (χ1v) is 10.8. The van der Waals surface area contributed by atoms with Crippen LogP contribution in [0.25, 0.3) is 11.5 Å². The molecule has 1 aliphatic rings. The molecule has 0 radical (unpaired) electrons. The molecule has 1 amide bonds. The van der Waals surface area contributed by atoms with Gasteiger partial charge in [-0.05, 0) is 42.7 Å². The highest BCUT2D eigenvalue weighted by atomic mass is 16.5. The molecule has 4 heterocycles. The van der Waals surface area contributed by atoms with Crippen molar-refractivity contribution in [2.45, 2.75) is 33.1 Å². The van der Waals surface area contributed by atoms with E-state index in [1.807, 2.05) is 31.2 Å². The van der Waals surface area contributed by atoms with Crippen LogP contribution in [0.4, 0.5) is 5.82 Å². The minimum atomic E-state index is -0.173. The van der Waals surface area contributed by atoms with E-state index in [4.69, 9.17) is 14.6 Å². The fourth-order valence-corrected chi connectivity index (χ4v) is 4.11. The summed E-state index contributed by atoms with van der Waals surface area (Å²) in [5, 5.41) is 20.1. The second-order valence-electron chi connectivity index (χ2n) is 8.50. The molecule has 33 heavy (non-hydrogen) atoms. The molecule has 1 atom stereocenters. The third-order valence-corrected chi connectivity index (χ3v) is 5.63. The summed E-state index contributed by atoms with van der Waals surface area (Å²) in [4.78, 5) is 12.7. The molecule has 170 valence electrons. The predicted molar refractivity (Wildman–Crippen MR) is 121 cm³/mol. The van der Waals surface area contributed by atoms with Gasteiger partial charge in [0, 0.05) is 17.9 Å². The van der Waals surface area contributed by atoms with Crippen LogP contribution in [0.3, 0.4) is 0 Å². The van der Waals surface area contributed by atoms with E-state index in [9.17, 15) is 4.79 Å². The number of benzene rings is 1. The first-order chi connectivity index (χ1) is 15.9. The number of anilines is 1. The molecule has 0 unspecified atom stereocenters. The molecule has 0 fully saturated rings. The van der Waals surface area contributed by atoms with Gasteiger partial charge in [0.05, 0.1) is 19.4 Å². The Morgan fingerprint density at radius 3 is 2.82 bits per heavy atom. The van der Waals surface area contributed by atoms with Crippen LogP contribution in [0.5, 0.6) is 11.5 Å². The van der Waals surface area contributed by atoms with Gasteiger partial charge < -0.3 is 14.8 Å². The minimum absolute atomic E-state index is 0.0838. The Labute approximate surface area is 190 Å². The second kappa shape index (κ2) is 8.19.